The van der Waals surface area contributed by atoms with Crippen LogP contribution in [0.1, 0.15) is 16.7 Å². The fourth-order valence-corrected chi connectivity index (χ4v) is 3.39. The summed E-state index contributed by atoms with van der Waals surface area (Å²) in [4.78, 5) is 0. The average molecular weight is 373 g/mol. The van der Waals surface area contributed by atoms with Crippen molar-refractivity contribution >= 4 is 22.5 Å². The summed E-state index contributed by atoms with van der Waals surface area (Å²) in [5.41, 5.74) is 4.20. The highest BCUT2D eigenvalue weighted by molar-refractivity contribution is 6.32. The van der Waals surface area contributed by atoms with Crippen LogP contribution in [0.5, 0.6) is 11.5 Å². The smallest absolute Gasteiger partial charge is 0.146 e. The Bertz CT molecular complexity index is 1170. The minimum absolute atomic E-state index is 0.422. The summed E-state index contributed by atoms with van der Waals surface area (Å²) in [5, 5.41) is 10.5. The van der Waals surface area contributed by atoms with Crippen LogP contribution in [0, 0.1) is 18.3 Å². The second-order valence-corrected chi connectivity index (χ2v) is 6.92. The van der Waals surface area contributed by atoms with Crippen molar-refractivity contribution in [1.29, 1.82) is 5.26 Å². The second kappa shape index (κ2) is 7.19. The van der Waals surface area contributed by atoms with Gasteiger partial charge in [0.2, 0.25) is 0 Å². The quantitative estimate of drug-likeness (QED) is 0.420. The van der Waals surface area contributed by atoms with Gasteiger partial charge in [-0.05, 0) is 55.0 Å². The number of benzene rings is 3. The lowest BCUT2D eigenvalue weighted by Crippen LogP contribution is -1.98. The Morgan fingerprint density at radius 3 is 2.70 bits per heavy atom. The Morgan fingerprint density at radius 1 is 1.04 bits per heavy atom. The van der Waals surface area contributed by atoms with Crippen LogP contribution in [-0.4, -0.2) is 4.57 Å². The first-order chi connectivity index (χ1) is 13.1. The molecule has 0 aliphatic heterocycles. The van der Waals surface area contributed by atoms with Gasteiger partial charge in [0, 0.05) is 23.6 Å². The summed E-state index contributed by atoms with van der Waals surface area (Å²) in [6.07, 6.45) is 2.09. The standard InChI is InChI=1S/C23H17ClN2O/c1-16-3-2-4-18(11-16)15-26-10-9-19-13-20(6-7-22(19)26)27-23-8-5-17(14-25)12-21(23)24/h2-13H,15H2,1H3. The molecule has 3 nitrogen and oxygen atoms in total. The van der Waals surface area contributed by atoms with Crippen LogP contribution in [0.15, 0.2) is 72.9 Å². The van der Waals surface area contributed by atoms with Gasteiger partial charge in [0.15, 0.2) is 0 Å². The van der Waals surface area contributed by atoms with E-state index >= 15 is 0 Å². The Morgan fingerprint density at radius 2 is 1.93 bits per heavy atom. The molecule has 1 heterocycles. The third-order valence-corrected chi connectivity index (χ3v) is 4.76. The number of rotatable bonds is 4. The molecule has 3 aromatic carbocycles. The molecular weight excluding hydrogens is 356 g/mol. The lowest BCUT2D eigenvalue weighted by molar-refractivity contribution is 0.483. The molecule has 0 spiro atoms. The predicted octanol–water partition coefficient (Wildman–Crippen LogP) is 6.32. The van der Waals surface area contributed by atoms with E-state index in [9.17, 15) is 0 Å². The maximum absolute atomic E-state index is 8.93. The number of nitriles is 1. The molecule has 0 N–H and O–H groups in total. The van der Waals surface area contributed by atoms with Gasteiger partial charge in [-0.15, -0.1) is 0 Å². The maximum Gasteiger partial charge on any atom is 0.146 e. The number of hydrogen-bond donors (Lipinski definition) is 0. The summed E-state index contributed by atoms with van der Waals surface area (Å²) in [6, 6.07) is 23.7. The van der Waals surface area contributed by atoms with Crippen LogP contribution in [-0.2, 0) is 6.54 Å². The molecule has 0 aliphatic carbocycles. The highest BCUT2D eigenvalue weighted by atomic mass is 35.5. The van der Waals surface area contributed by atoms with Gasteiger partial charge >= 0.3 is 0 Å². The minimum atomic E-state index is 0.422. The molecule has 0 saturated carbocycles. The third-order valence-electron chi connectivity index (χ3n) is 4.47. The molecule has 0 amide bonds. The van der Waals surface area contributed by atoms with Gasteiger partial charge in [0.1, 0.15) is 11.5 Å². The zero-order valence-corrected chi connectivity index (χ0v) is 15.6. The Labute approximate surface area is 163 Å². The molecular formula is C23H17ClN2O. The van der Waals surface area contributed by atoms with Crippen molar-refractivity contribution in [3.8, 4) is 17.6 Å². The Balaban J connectivity index is 1.60. The third kappa shape index (κ3) is 3.67. The van der Waals surface area contributed by atoms with E-state index in [4.69, 9.17) is 21.6 Å². The summed E-state index contributed by atoms with van der Waals surface area (Å²) in [6.45, 7) is 2.93. The fourth-order valence-electron chi connectivity index (χ4n) is 3.17. The lowest BCUT2D eigenvalue weighted by Gasteiger charge is -2.09. The van der Waals surface area contributed by atoms with Crippen LogP contribution in [0.3, 0.4) is 0 Å². The van der Waals surface area contributed by atoms with Gasteiger partial charge in [-0.2, -0.15) is 5.26 Å². The second-order valence-electron chi connectivity index (χ2n) is 6.51. The highest BCUT2D eigenvalue weighted by Crippen LogP contribution is 2.32. The summed E-state index contributed by atoms with van der Waals surface area (Å²) in [7, 11) is 0. The van der Waals surface area contributed by atoms with Crippen molar-refractivity contribution < 1.29 is 4.74 Å². The van der Waals surface area contributed by atoms with Crippen molar-refractivity contribution in [2.45, 2.75) is 13.5 Å². The monoisotopic (exact) mass is 372 g/mol. The molecule has 0 bridgehead atoms. The summed E-state index contributed by atoms with van der Waals surface area (Å²) in [5.74, 6) is 1.25. The van der Waals surface area contributed by atoms with E-state index in [2.05, 4.69) is 60.2 Å². The zero-order valence-electron chi connectivity index (χ0n) is 14.8. The molecule has 4 aromatic rings. The predicted molar refractivity (Wildman–Crippen MR) is 108 cm³/mol. The number of hydrogen-bond acceptors (Lipinski definition) is 2. The minimum Gasteiger partial charge on any atom is -0.456 e. The summed E-state index contributed by atoms with van der Waals surface area (Å²) >= 11 is 6.20. The van der Waals surface area contributed by atoms with E-state index in [1.54, 1.807) is 18.2 Å². The van der Waals surface area contributed by atoms with Crippen molar-refractivity contribution in [2.24, 2.45) is 0 Å². The van der Waals surface area contributed by atoms with Crippen LogP contribution in [0.25, 0.3) is 10.9 Å². The topological polar surface area (TPSA) is 38.0 Å². The fraction of sp³-hybridized carbons (Fsp3) is 0.0870. The average Bonchev–Trinajstić information content (AvgIpc) is 3.05. The van der Waals surface area contributed by atoms with Gasteiger partial charge in [0.05, 0.1) is 16.7 Å². The normalized spacial score (nSPS) is 10.7. The molecule has 0 atom stereocenters. The molecule has 27 heavy (non-hydrogen) atoms. The molecule has 4 heteroatoms. The van der Waals surface area contributed by atoms with Crippen LogP contribution in [0.4, 0.5) is 0 Å². The van der Waals surface area contributed by atoms with Crippen molar-refractivity contribution in [3.63, 3.8) is 0 Å². The molecule has 0 aliphatic rings. The summed E-state index contributed by atoms with van der Waals surface area (Å²) < 4.78 is 8.13. The SMILES string of the molecule is Cc1cccc(Cn2ccc3cc(Oc4ccc(C#N)cc4Cl)ccc32)c1. The molecule has 0 unspecified atom stereocenters. The molecule has 4 rings (SSSR count). The van der Waals surface area contributed by atoms with Gasteiger partial charge in [-0.25, -0.2) is 0 Å². The molecule has 0 fully saturated rings. The molecule has 0 saturated heterocycles. The largest absolute Gasteiger partial charge is 0.456 e. The number of fused-ring (bicyclic) bond motifs is 1. The lowest BCUT2D eigenvalue weighted by atomic mass is 10.1. The number of aromatic nitrogens is 1. The van der Waals surface area contributed by atoms with Crippen molar-refractivity contribution in [3.05, 3.63) is 94.6 Å². The first-order valence-electron chi connectivity index (χ1n) is 8.64. The molecule has 0 radical (unpaired) electrons. The number of aryl methyl sites for hydroxylation is 1. The molecule has 132 valence electrons. The molecule has 1 aromatic heterocycles. The van der Waals surface area contributed by atoms with Gasteiger partial charge < -0.3 is 9.30 Å². The van der Waals surface area contributed by atoms with E-state index in [1.165, 1.54) is 11.1 Å². The van der Waals surface area contributed by atoms with Gasteiger partial charge in [-0.3, -0.25) is 0 Å². The van der Waals surface area contributed by atoms with Gasteiger partial charge in [-0.1, -0.05) is 41.4 Å². The van der Waals surface area contributed by atoms with Crippen LogP contribution in [0.2, 0.25) is 5.02 Å². The Kier molecular flexibility index (Phi) is 4.58. The van der Waals surface area contributed by atoms with E-state index in [0.29, 0.717) is 22.1 Å². The number of nitrogens with zero attached hydrogens (tertiary/aromatic N) is 2. The maximum atomic E-state index is 8.93. The number of ether oxygens (including phenoxy) is 1. The van der Waals surface area contributed by atoms with E-state index in [0.717, 1.165) is 17.4 Å². The van der Waals surface area contributed by atoms with E-state index in [-0.39, 0.29) is 0 Å². The van der Waals surface area contributed by atoms with Crippen molar-refractivity contribution in [2.75, 3.05) is 0 Å². The zero-order chi connectivity index (χ0) is 18.8. The van der Waals surface area contributed by atoms with Crippen molar-refractivity contribution in [1.82, 2.24) is 4.57 Å². The number of halogens is 1. The first-order valence-corrected chi connectivity index (χ1v) is 9.02. The van der Waals surface area contributed by atoms with Gasteiger partial charge in [0.25, 0.3) is 0 Å². The first kappa shape index (κ1) is 17.2. The van der Waals surface area contributed by atoms with E-state index in [1.807, 2.05) is 12.1 Å². The Hall–Kier alpha value is -3.22. The van der Waals surface area contributed by atoms with Crippen LogP contribution >= 0.6 is 11.6 Å². The highest BCUT2D eigenvalue weighted by Gasteiger charge is 2.08. The van der Waals surface area contributed by atoms with E-state index < -0.39 is 0 Å². The van der Waals surface area contributed by atoms with Crippen LogP contribution < -0.4 is 4.74 Å².